The molecule has 0 saturated carbocycles. The summed E-state index contributed by atoms with van der Waals surface area (Å²) in [5.41, 5.74) is 5.54. The van der Waals surface area contributed by atoms with Crippen molar-refractivity contribution in [1.29, 1.82) is 0 Å². The summed E-state index contributed by atoms with van der Waals surface area (Å²) in [4.78, 5) is 9.76. The van der Waals surface area contributed by atoms with Crippen LogP contribution in [0.15, 0.2) is 146 Å². The number of benzene rings is 8. The molecule has 0 aliphatic heterocycles. The van der Waals surface area contributed by atoms with E-state index in [1.54, 1.807) is 0 Å². The zero-order chi connectivity index (χ0) is 33.9. The molecule has 0 spiro atoms. The van der Waals surface area contributed by atoms with E-state index in [1.807, 2.05) is 120 Å². The van der Waals surface area contributed by atoms with E-state index in [0.29, 0.717) is 0 Å². The Morgan fingerprint density at radius 3 is 1.10 bits per heavy atom. The van der Waals surface area contributed by atoms with Gasteiger partial charge in [0.1, 0.15) is 23.1 Å². The van der Waals surface area contributed by atoms with Gasteiger partial charge < -0.3 is 19.3 Å². The van der Waals surface area contributed by atoms with Gasteiger partial charge >= 0.3 is 0 Å². The Labute approximate surface area is 306 Å². The van der Waals surface area contributed by atoms with Gasteiger partial charge in [0.15, 0.2) is 0 Å². The quantitative estimate of drug-likeness (QED) is 0.175. The Kier molecular flexibility index (Phi) is 8.01. The molecule has 0 amide bonds. The molecule has 242 valence electrons. The maximum atomic E-state index is 10.8. The fourth-order valence-electron chi connectivity index (χ4n) is 7.21. The molecule has 2 heterocycles. The Hall–Kier alpha value is -6.04. The number of rotatable bonds is 2. The number of phenolic OH excluding ortho intramolecular Hbond substituents is 2. The number of hydrogen-bond acceptors (Lipinski definition) is 4. The van der Waals surface area contributed by atoms with Crippen LogP contribution in [0, 0.1) is 0 Å². The topological polar surface area (TPSA) is 76.1 Å². The van der Waals surface area contributed by atoms with Crippen molar-refractivity contribution in [2.24, 2.45) is 14.1 Å². The molecule has 0 saturated heterocycles. The molecule has 51 heavy (non-hydrogen) atoms. The predicted octanol–water partition coefficient (Wildman–Crippen LogP) is 10.5. The van der Waals surface area contributed by atoms with Crippen molar-refractivity contribution in [3.63, 3.8) is 0 Å². The molecule has 0 aliphatic rings. The normalized spacial score (nSPS) is 11.3. The Morgan fingerprint density at radius 2 is 0.706 bits per heavy atom. The molecule has 10 rings (SSSR count). The van der Waals surface area contributed by atoms with Crippen molar-refractivity contribution in [1.82, 2.24) is 19.1 Å². The molecule has 0 atom stereocenters. The van der Waals surface area contributed by atoms with Crippen molar-refractivity contribution >= 4 is 65.2 Å². The van der Waals surface area contributed by atoms with E-state index in [4.69, 9.17) is 9.97 Å². The van der Waals surface area contributed by atoms with E-state index in [9.17, 15) is 10.2 Å². The molecule has 0 unspecified atom stereocenters. The molecule has 0 radical (unpaired) electrons. The monoisotopic (exact) mass is 712 g/mol. The molecular formula is C44H32N4O2Zn. The molecule has 2 N–H and O–H groups in total. The van der Waals surface area contributed by atoms with Crippen LogP contribution in [0.4, 0.5) is 0 Å². The second-order valence-corrected chi connectivity index (χ2v) is 12.7. The van der Waals surface area contributed by atoms with Crippen LogP contribution in [-0.2, 0) is 33.6 Å². The van der Waals surface area contributed by atoms with Crippen LogP contribution in [0.25, 0.3) is 87.9 Å². The molecule has 2 aromatic heterocycles. The van der Waals surface area contributed by atoms with Crippen LogP contribution in [0.3, 0.4) is 0 Å². The van der Waals surface area contributed by atoms with E-state index in [0.717, 1.165) is 77.2 Å². The summed E-state index contributed by atoms with van der Waals surface area (Å²) in [5.74, 6) is 2.10. The van der Waals surface area contributed by atoms with Crippen molar-refractivity contribution < 1.29 is 29.7 Å². The molecule has 0 aliphatic carbocycles. The second kappa shape index (κ2) is 12.7. The maximum absolute atomic E-state index is 10.8. The summed E-state index contributed by atoms with van der Waals surface area (Å²) >= 11 is 0. The SMILES string of the molecule is Cn1c(-c2ccc3ccccc3c2O)nc2c3ccccc3ccc21.Cn1c(-c2ccc3ccccc3c2O)nc2c3ccccc3ccc21.[Zn]. The first-order valence-electron chi connectivity index (χ1n) is 16.6. The second-order valence-electron chi connectivity index (χ2n) is 12.7. The van der Waals surface area contributed by atoms with Crippen molar-refractivity contribution in [2.45, 2.75) is 0 Å². The fraction of sp³-hybridized carbons (Fsp3) is 0.0455. The first kappa shape index (κ1) is 32.2. The van der Waals surface area contributed by atoms with Gasteiger partial charge in [-0.05, 0) is 45.8 Å². The zero-order valence-electron chi connectivity index (χ0n) is 28.2. The van der Waals surface area contributed by atoms with Crippen molar-refractivity contribution in [3.8, 4) is 34.3 Å². The minimum atomic E-state index is 0. The van der Waals surface area contributed by atoms with Gasteiger partial charge in [-0.3, -0.25) is 0 Å². The van der Waals surface area contributed by atoms with Gasteiger partial charge in [0.25, 0.3) is 0 Å². The third-order valence-corrected chi connectivity index (χ3v) is 9.84. The minimum absolute atomic E-state index is 0. The Balaban J connectivity index is 0.000000144. The summed E-state index contributed by atoms with van der Waals surface area (Å²) in [6.45, 7) is 0. The number of phenols is 2. The molecular weight excluding hydrogens is 682 g/mol. The van der Waals surface area contributed by atoms with Crippen molar-refractivity contribution in [2.75, 3.05) is 0 Å². The van der Waals surface area contributed by atoms with Crippen LogP contribution >= 0.6 is 0 Å². The van der Waals surface area contributed by atoms with Gasteiger partial charge in [0.05, 0.1) is 33.2 Å². The van der Waals surface area contributed by atoms with Gasteiger partial charge in [0, 0.05) is 55.1 Å². The third-order valence-electron chi connectivity index (χ3n) is 9.84. The largest absolute Gasteiger partial charge is 0.507 e. The first-order chi connectivity index (χ1) is 24.5. The molecule has 8 aromatic carbocycles. The maximum Gasteiger partial charge on any atom is 0.144 e. The number of aryl methyl sites for hydroxylation is 2. The summed E-state index contributed by atoms with van der Waals surface area (Å²) in [6.07, 6.45) is 0. The fourth-order valence-corrected chi connectivity index (χ4v) is 7.21. The van der Waals surface area contributed by atoms with Gasteiger partial charge in [-0.1, -0.05) is 121 Å². The summed E-state index contributed by atoms with van der Waals surface area (Å²) in [6, 6.07) is 48.6. The van der Waals surface area contributed by atoms with Crippen LogP contribution in [0.2, 0.25) is 0 Å². The number of hydrogen-bond donors (Lipinski definition) is 2. The van der Waals surface area contributed by atoms with E-state index in [-0.39, 0.29) is 31.0 Å². The van der Waals surface area contributed by atoms with E-state index in [1.165, 1.54) is 10.8 Å². The van der Waals surface area contributed by atoms with Gasteiger partial charge in [0.2, 0.25) is 0 Å². The number of aromatic nitrogens is 4. The Bertz CT molecular complexity index is 2740. The molecule has 6 nitrogen and oxygen atoms in total. The number of aromatic hydroxyl groups is 2. The van der Waals surface area contributed by atoms with Gasteiger partial charge in [-0.15, -0.1) is 0 Å². The molecule has 7 heteroatoms. The molecule has 0 fully saturated rings. The van der Waals surface area contributed by atoms with E-state index in [2.05, 4.69) is 48.5 Å². The average Bonchev–Trinajstić information content (AvgIpc) is 3.68. The van der Waals surface area contributed by atoms with Crippen molar-refractivity contribution in [3.05, 3.63) is 146 Å². The van der Waals surface area contributed by atoms with Crippen LogP contribution in [0.1, 0.15) is 0 Å². The van der Waals surface area contributed by atoms with Gasteiger partial charge in [-0.2, -0.15) is 0 Å². The smallest absolute Gasteiger partial charge is 0.144 e. The summed E-state index contributed by atoms with van der Waals surface area (Å²) < 4.78 is 4.09. The predicted molar refractivity (Wildman–Crippen MR) is 206 cm³/mol. The number of imidazole rings is 2. The average molecular weight is 714 g/mol. The third kappa shape index (κ3) is 5.20. The summed E-state index contributed by atoms with van der Waals surface area (Å²) in [5, 5.41) is 29.9. The van der Waals surface area contributed by atoms with E-state index < -0.39 is 0 Å². The Morgan fingerprint density at radius 1 is 0.392 bits per heavy atom. The minimum Gasteiger partial charge on any atom is -0.507 e. The molecule has 0 bridgehead atoms. The van der Waals surface area contributed by atoms with Crippen LogP contribution < -0.4 is 0 Å². The first-order valence-corrected chi connectivity index (χ1v) is 16.6. The van der Waals surface area contributed by atoms with Gasteiger partial charge in [-0.25, -0.2) is 9.97 Å². The van der Waals surface area contributed by atoms with E-state index >= 15 is 0 Å². The summed E-state index contributed by atoms with van der Waals surface area (Å²) in [7, 11) is 3.99. The van der Waals surface area contributed by atoms with Crippen LogP contribution in [-0.4, -0.2) is 29.3 Å². The standard InChI is InChI=1S/2C22H16N2O.Zn/c2*1-24-19-13-11-14-6-2-4-8-16(14)20(19)23-22(24)18-12-10-15-7-3-5-9-17(15)21(18)25;/h2*2-13,25H,1H3;. The number of fused-ring (bicyclic) bond motifs is 8. The van der Waals surface area contributed by atoms with Crippen LogP contribution in [0.5, 0.6) is 11.5 Å². The number of nitrogens with zero attached hydrogens (tertiary/aromatic N) is 4. The zero-order valence-corrected chi connectivity index (χ0v) is 31.2. The molecule has 10 aromatic rings.